The fraction of sp³-hybridized carbons (Fsp3) is 0.438. The minimum absolute atomic E-state index is 0.111. The highest BCUT2D eigenvalue weighted by molar-refractivity contribution is 5.96. The maximum absolute atomic E-state index is 11.1. The maximum Gasteiger partial charge on any atom is 0.278 e. The molecule has 1 aromatic heterocycles. The first-order valence-electron chi connectivity index (χ1n) is 7.51. The monoisotopic (exact) mass is 285 g/mol. The fourth-order valence-electron chi connectivity index (χ4n) is 3.17. The molecule has 0 unspecified atom stereocenters. The number of hydrogen-bond donors (Lipinski definition) is 1. The zero-order valence-electron chi connectivity index (χ0n) is 11.9. The van der Waals surface area contributed by atoms with Gasteiger partial charge in [-0.3, -0.25) is 15.1 Å². The summed E-state index contributed by atoms with van der Waals surface area (Å²) in [4.78, 5) is 15.0. The number of pyridine rings is 1. The zero-order chi connectivity index (χ0) is 14.7. The van der Waals surface area contributed by atoms with Crippen LogP contribution >= 0.6 is 0 Å². The highest BCUT2D eigenvalue weighted by Gasteiger charge is 2.16. The van der Waals surface area contributed by atoms with Crippen LogP contribution in [0, 0.1) is 16.0 Å². The van der Waals surface area contributed by atoms with Crippen LogP contribution in [0.15, 0.2) is 30.5 Å². The molecule has 0 radical (unpaired) electrons. The highest BCUT2D eigenvalue weighted by atomic mass is 16.6. The van der Waals surface area contributed by atoms with E-state index >= 15 is 0 Å². The predicted octanol–water partition coefficient (Wildman–Crippen LogP) is 4.14. The molecule has 1 N–H and O–H groups in total. The number of nitro groups is 1. The first-order chi connectivity index (χ1) is 10.3. The number of fused-ring (bicyclic) bond motifs is 1. The number of benzene rings is 1. The van der Waals surface area contributed by atoms with Crippen molar-refractivity contribution in [3.05, 3.63) is 40.6 Å². The molecule has 5 nitrogen and oxygen atoms in total. The maximum atomic E-state index is 11.1. The summed E-state index contributed by atoms with van der Waals surface area (Å²) < 4.78 is 0. The smallest absolute Gasteiger partial charge is 0.278 e. The number of hydrogen-bond acceptors (Lipinski definition) is 4. The first-order valence-corrected chi connectivity index (χ1v) is 7.51. The van der Waals surface area contributed by atoms with Gasteiger partial charge in [0, 0.05) is 18.8 Å². The molecule has 1 saturated carbocycles. The van der Waals surface area contributed by atoms with Crippen molar-refractivity contribution in [1.82, 2.24) is 4.98 Å². The molecule has 0 aliphatic heterocycles. The first kappa shape index (κ1) is 13.8. The third-order valence-corrected chi connectivity index (χ3v) is 4.29. The number of nitrogens with one attached hydrogen (secondary N) is 1. The van der Waals surface area contributed by atoms with Crippen molar-refractivity contribution in [2.75, 3.05) is 11.9 Å². The van der Waals surface area contributed by atoms with Crippen LogP contribution in [0.5, 0.6) is 0 Å². The number of nitrogens with zero attached hydrogens (tertiary/aromatic N) is 2. The third-order valence-electron chi connectivity index (χ3n) is 4.29. The van der Waals surface area contributed by atoms with Crippen molar-refractivity contribution in [2.45, 2.75) is 32.1 Å². The minimum atomic E-state index is -0.355. The number of aromatic nitrogens is 1. The molecule has 0 saturated heterocycles. The molecule has 1 aliphatic carbocycles. The summed E-state index contributed by atoms with van der Waals surface area (Å²) >= 11 is 0. The van der Waals surface area contributed by atoms with Gasteiger partial charge in [-0.1, -0.05) is 25.7 Å². The number of non-ortho nitro benzene ring substituents is 1. The van der Waals surface area contributed by atoms with Gasteiger partial charge in [-0.15, -0.1) is 0 Å². The molecule has 0 spiro atoms. The molecular formula is C16H19N3O2. The van der Waals surface area contributed by atoms with Gasteiger partial charge in [0.1, 0.15) is 5.52 Å². The van der Waals surface area contributed by atoms with Crippen molar-refractivity contribution in [2.24, 2.45) is 5.92 Å². The largest absolute Gasteiger partial charge is 0.383 e. The molecule has 1 fully saturated rings. The van der Waals surface area contributed by atoms with Gasteiger partial charge < -0.3 is 5.32 Å². The minimum Gasteiger partial charge on any atom is -0.383 e. The van der Waals surface area contributed by atoms with Crippen LogP contribution in [0.3, 0.4) is 0 Å². The van der Waals surface area contributed by atoms with E-state index in [0.29, 0.717) is 10.9 Å². The second-order valence-corrected chi connectivity index (χ2v) is 5.65. The van der Waals surface area contributed by atoms with Gasteiger partial charge in [0.25, 0.3) is 5.69 Å². The Bertz CT molecular complexity index is 651. The molecule has 0 atom stereocenters. The summed E-state index contributed by atoms with van der Waals surface area (Å²) in [5.74, 6) is 0.828. The van der Waals surface area contributed by atoms with E-state index in [1.54, 1.807) is 30.5 Å². The third kappa shape index (κ3) is 2.96. The Morgan fingerprint density at radius 2 is 2.10 bits per heavy atom. The molecule has 2 aromatic rings. The molecule has 1 aliphatic rings. The SMILES string of the molecule is O=[N+]([O-])c1ccc(NCCC2CCCC2)c2ncccc12. The van der Waals surface area contributed by atoms with Crippen LogP contribution in [-0.2, 0) is 0 Å². The van der Waals surface area contributed by atoms with Crippen molar-refractivity contribution in [3.8, 4) is 0 Å². The van der Waals surface area contributed by atoms with Crippen LogP contribution in [0.25, 0.3) is 10.9 Å². The van der Waals surface area contributed by atoms with Crippen molar-refractivity contribution in [1.29, 1.82) is 0 Å². The Labute approximate surface area is 123 Å². The molecule has 21 heavy (non-hydrogen) atoms. The van der Waals surface area contributed by atoms with Crippen LogP contribution in [0.1, 0.15) is 32.1 Å². The van der Waals surface area contributed by atoms with Crippen molar-refractivity contribution >= 4 is 22.3 Å². The van der Waals surface area contributed by atoms with E-state index in [9.17, 15) is 10.1 Å². The second-order valence-electron chi connectivity index (χ2n) is 5.65. The Hall–Kier alpha value is -2.17. The molecule has 110 valence electrons. The van der Waals surface area contributed by atoms with E-state index in [1.165, 1.54) is 25.7 Å². The van der Waals surface area contributed by atoms with Crippen molar-refractivity contribution < 1.29 is 4.92 Å². The van der Waals surface area contributed by atoms with E-state index in [4.69, 9.17) is 0 Å². The Kier molecular flexibility index (Phi) is 3.99. The molecule has 0 amide bonds. The molecule has 5 heteroatoms. The van der Waals surface area contributed by atoms with Gasteiger partial charge in [-0.05, 0) is 30.5 Å². The lowest BCUT2D eigenvalue weighted by atomic mass is 10.0. The molecule has 1 heterocycles. The normalized spacial score (nSPS) is 15.4. The number of nitro benzene ring substituents is 1. The second kappa shape index (κ2) is 6.08. The standard InChI is InChI=1S/C16H19N3O2/c20-19(21)15-8-7-14(16-13(15)6-3-10-18-16)17-11-9-12-4-1-2-5-12/h3,6-8,10,12,17H,1-2,4-5,9,11H2. The predicted molar refractivity (Wildman–Crippen MR) is 83.5 cm³/mol. The van der Waals surface area contributed by atoms with E-state index in [2.05, 4.69) is 10.3 Å². The highest BCUT2D eigenvalue weighted by Crippen LogP contribution is 2.31. The van der Waals surface area contributed by atoms with Gasteiger partial charge in [0.2, 0.25) is 0 Å². The fourth-order valence-corrected chi connectivity index (χ4v) is 3.17. The van der Waals surface area contributed by atoms with E-state index in [-0.39, 0.29) is 10.6 Å². The summed E-state index contributed by atoms with van der Waals surface area (Å²) in [6, 6.07) is 6.81. The summed E-state index contributed by atoms with van der Waals surface area (Å²) in [5.41, 5.74) is 1.67. The van der Waals surface area contributed by atoms with E-state index in [0.717, 1.165) is 24.6 Å². The van der Waals surface area contributed by atoms with Gasteiger partial charge in [0.15, 0.2) is 0 Å². The van der Waals surface area contributed by atoms with E-state index < -0.39 is 0 Å². The van der Waals surface area contributed by atoms with Crippen LogP contribution in [0.2, 0.25) is 0 Å². The summed E-state index contributed by atoms with van der Waals surface area (Å²) in [6.07, 6.45) is 8.21. The van der Waals surface area contributed by atoms with Crippen LogP contribution in [0.4, 0.5) is 11.4 Å². The molecule has 1 aromatic carbocycles. The van der Waals surface area contributed by atoms with Gasteiger partial charge >= 0.3 is 0 Å². The van der Waals surface area contributed by atoms with Gasteiger partial charge in [0.05, 0.1) is 16.0 Å². The molecule has 0 bridgehead atoms. The van der Waals surface area contributed by atoms with Crippen LogP contribution < -0.4 is 5.32 Å². The lowest BCUT2D eigenvalue weighted by Crippen LogP contribution is -2.07. The summed E-state index contributed by atoms with van der Waals surface area (Å²) in [6.45, 7) is 0.897. The Morgan fingerprint density at radius 3 is 2.86 bits per heavy atom. The van der Waals surface area contributed by atoms with Crippen molar-refractivity contribution in [3.63, 3.8) is 0 Å². The Morgan fingerprint density at radius 1 is 1.29 bits per heavy atom. The average molecular weight is 285 g/mol. The number of anilines is 1. The molecular weight excluding hydrogens is 266 g/mol. The van der Waals surface area contributed by atoms with Crippen LogP contribution in [-0.4, -0.2) is 16.5 Å². The molecule has 3 rings (SSSR count). The van der Waals surface area contributed by atoms with E-state index in [1.807, 2.05) is 0 Å². The lowest BCUT2D eigenvalue weighted by Gasteiger charge is -2.12. The summed E-state index contributed by atoms with van der Waals surface area (Å²) in [7, 11) is 0. The quantitative estimate of drug-likeness (QED) is 0.662. The average Bonchev–Trinajstić information content (AvgIpc) is 3.00. The summed E-state index contributed by atoms with van der Waals surface area (Å²) in [5, 5.41) is 15.1. The van der Waals surface area contributed by atoms with Gasteiger partial charge in [-0.25, -0.2) is 0 Å². The van der Waals surface area contributed by atoms with Gasteiger partial charge in [-0.2, -0.15) is 0 Å². The topological polar surface area (TPSA) is 68.1 Å². The Balaban J connectivity index is 1.79. The number of rotatable bonds is 5. The zero-order valence-corrected chi connectivity index (χ0v) is 11.9. The lowest BCUT2D eigenvalue weighted by molar-refractivity contribution is -0.383.